The van der Waals surface area contributed by atoms with Crippen LogP contribution < -0.4 is 0 Å². The molecule has 1 amide bonds. The van der Waals surface area contributed by atoms with Gasteiger partial charge in [-0.1, -0.05) is 12.8 Å². The van der Waals surface area contributed by atoms with E-state index >= 15 is 0 Å². The third-order valence-electron chi connectivity index (χ3n) is 3.35. The maximum absolute atomic E-state index is 12.4. The summed E-state index contributed by atoms with van der Waals surface area (Å²) < 4.78 is 5.30. The number of furan rings is 1. The van der Waals surface area contributed by atoms with Crippen molar-refractivity contribution in [3.8, 4) is 10.8 Å². The summed E-state index contributed by atoms with van der Waals surface area (Å²) in [7, 11) is 0. The van der Waals surface area contributed by atoms with Crippen LogP contribution in [0, 0.1) is 0 Å². The monoisotopic (exact) mass is 276 g/mol. The lowest BCUT2D eigenvalue weighted by atomic mass is 10.2. The van der Waals surface area contributed by atoms with Gasteiger partial charge in [-0.2, -0.15) is 0 Å². The standard InChI is InChI=1S/C14H16N2O2S/c17-14(16-7-3-1-2-4-8-16)11-10-19-13(15-11)12-6-5-9-18-12/h5-6,9-10H,1-4,7-8H2. The van der Waals surface area contributed by atoms with Gasteiger partial charge >= 0.3 is 0 Å². The largest absolute Gasteiger partial charge is 0.462 e. The highest BCUT2D eigenvalue weighted by atomic mass is 32.1. The Kier molecular flexibility index (Phi) is 3.64. The van der Waals surface area contributed by atoms with Gasteiger partial charge in [0.15, 0.2) is 10.8 Å². The summed E-state index contributed by atoms with van der Waals surface area (Å²) in [5.41, 5.74) is 0.540. The zero-order valence-corrected chi connectivity index (χ0v) is 11.5. The third kappa shape index (κ3) is 2.71. The van der Waals surface area contributed by atoms with E-state index in [9.17, 15) is 4.79 Å². The molecule has 1 aliphatic heterocycles. The number of hydrogen-bond donors (Lipinski definition) is 0. The van der Waals surface area contributed by atoms with E-state index in [0.29, 0.717) is 5.69 Å². The summed E-state index contributed by atoms with van der Waals surface area (Å²) in [6.45, 7) is 1.71. The van der Waals surface area contributed by atoms with E-state index in [1.165, 1.54) is 24.2 Å². The maximum Gasteiger partial charge on any atom is 0.273 e. The summed E-state index contributed by atoms with van der Waals surface area (Å²) >= 11 is 1.45. The fourth-order valence-corrected chi connectivity index (χ4v) is 3.08. The van der Waals surface area contributed by atoms with Gasteiger partial charge in [0.25, 0.3) is 5.91 Å². The molecular formula is C14H16N2O2S. The first-order valence-electron chi connectivity index (χ1n) is 6.63. The molecule has 0 unspecified atom stereocenters. The molecule has 5 heteroatoms. The highest BCUT2D eigenvalue weighted by Gasteiger charge is 2.20. The van der Waals surface area contributed by atoms with Crippen LogP contribution in [0.2, 0.25) is 0 Å². The number of hydrogen-bond acceptors (Lipinski definition) is 4. The Balaban J connectivity index is 1.76. The number of carbonyl (C=O) groups excluding carboxylic acids is 1. The topological polar surface area (TPSA) is 46.3 Å². The smallest absolute Gasteiger partial charge is 0.273 e. The van der Waals surface area contributed by atoms with E-state index in [0.717, 1.165) is 36.7 Å². The zero-order valence-electron chi connectivity index (χ0n) is 10.7. The molecule has 19 heavy (non-hydrogen) atoms. The average molecular weight is 276 g/mol. The Hall–Kier alpha value is -1.62. The molecule has 1 fully saturated rings. The van der Waals surface area contributed by atoms with Gasteiger partial charge in [0.1, 0.15) is 5.69 Å². The number of rotatable bonds is 2. The van der Waals surface area contributed by atoms with Crippen molar-refractivity contribution in [2.75, 3.05) is 13.1 Å². The lowest BCUT2D eigenvalue weighted by Crippen LogP contribution is -2.32. The fraction of sp³-hybridized carbons (Fsp3) is 0.429. The van der Waals surface area contributed by atoms with Gasteiger partial charge in [0.2, 0.25) is 0 Å². The number of likely N-dealkylation sites (tertiary alicyclic amines) is 1. The van der Waals surface area contributed by atoms with Crippen LogP contribution >= 0.6 is 11.3 Å². The summed E-state index contributed by atoms with van der Waals surface area (Å²) in [5, 5.41) is 2.59. The normalized spacial score (nSPS) is 16.3. The Labute approximate surface area is 116 Å². The van der Waals surface area contributed by atoms with Crippen LogP contribution in [0.4, 0.5) is 0 Å². The average Bonchev–Trinajstić information content (AvgIpc) is 3.04. The molecule has 0 N–H and O–H groups in total. The molecule has 0 saturated carbocycles. The third-order valence-corrected chi connectivity index (χ3v) is 4.21. The van der Waals surface area contributed by atoms with Crippen molar-refractivity contribution in [1.29, 1.82) is 0 Å². The predicted octanol–water partition coefficient (Wildman–Crippen LogP) is 3.42. The zero-order chi connectivity index (χ0) is 13.1. The van der Waals surface area contributed by atoms with Crippen LogP contribution in [0.1, 0.15) is 36.2 Å². The van der Waals surface area contributed by atoms with Crippen LogP contribution in [-0.4, -0.2) is 28.9 Å². The van der Waals surface area contributed by atoms with Crippen molar-refractivity contribution in [2.45, 2.75) is 25.7 Å². The molecule has 0 radical (unpaired) electrons. The lowest BCUT2D eigenvalue weighted by Gasteiger charge is -2.18. The highest BCUT2D eigenvalue weighted by molar-refractivity contribution is 7.13. The number of thiazole rings is 1. The Morgan fingerprint density at radius 3 is 2.74 bits per heavy atom. The number of carbonyl (C=O) groups is 1. The van der Waals surface area contributed by atoms with Crippen molar-refractivity contribution >= 4 is 17.2 Å². The maximum atomic E-state index is 12.4. The Morgan fingerprint density at radius 2 is 2.05 bits per heavy atom. The minimum atomic E-state index is 0.0518. The Morgan fingerprint density at radius 1 is 1.26 bits per heavy atom. The number of nitrogens with zero attached hydrogens (tertiary/aromatic N) is 2. The summed E-state index contributed by atoms with van der Waals surface area (Å²) in [5.74, 6) is 0.774. The molecule has 100 valence electrons. The minimum Gasteiger partial charge on any atom is -0.462 e. The molecule has 4 nitrogen and oxygen atoms in total. The quantitative estimate of drug-likeness (QED) is 0.844. The first kappa shape index (κ1) is 12.4. The van der Waals surface area contributed by atoms with E-state index in [1.54, 1.807) is 6.26 Å². The minimum absolute atomic E-state index is 0.0518. The van der Waals surface area contributed by atoms with Gasteiger partial charge in [0.05, 0.1) is 6.26 Å². The predicted molar refractivity (Wildman–Crippen MR) is 74.2 cm³/mol. The molecular weight excluding hydrogens is 260 g/mol. The van der Waals surface area contributed by atoms with E-state index in [-0.39, 0.29) is 5.91 Å². The molecule has 0 aliphatic carbocycles. The fourth-order valence-electron chi connectivity index (χ4n) is 2.32. The van der Waals surface area contributed by atoms with Crippen molar-refractivity contribution in [3.05, 3.63) is 29.5 Å². The van der Waals surface area contributed by atoms with E-state index < -0.39 is 0 Å². The van der Waals surface area contributed by atoms with Crippen molar-refractivity contribution in [3.63, 3.8) is 0 Å². The van der Waals surface area contributed by atoms with Crippen molar-refractivity contribution < 1.29 is 9.21 Å². The van der Waals surface area contributed by atoms with Crippen LogP contribution in [0.3, 0.4) is 0 Å². The number of amides is 1. The first-order chi connectivity index (χ1) is 9.34. The summed E-state index contributed by atoms with van der Waals surface area (Å²) in [6.07, 6.45) is 6.26. The van der Waals surface area contributed by atoms with Crippen LogP contribution in [0.25, 0.3) is 10.8 Å². The van der Waals surface area contributed by atoms with E-state index in [4.69, 9.17) is 4.42 Å². The SMILES string of the molecule is O=C(c1csc(-c2ccco2)n1)N1CCCCCC1. The van der Waals surface area contributed by atoms with Crippen molar-refractivity contribution in [2.24, 2.45) is 0 Å². The molecule has 2 aromatic heterocycles. The molecule has 3 rings (SSSR count). The molecule has 1 saturated heterocycles. The Bertz CT molecular complexity index is 540. The molecule has 3 heterocycles. The van der Waals surface area contributed by atoms with Gasteiger partial charge in [-0.15, -0.1) is 11.3 Å². The van der Waals surface area contributed by atoms with E-state index in [2.05, 4.69) is 4.98 Å². The van der Waals surface area contributed by atoms with Gasteiger partial charge in [0, 0.05) is 18.5 Å². The van der Waals surface area contributed by atoms with Crippen LogP contribution in [0.5, 0.6) is 0 Å². The molecule has 2 aromatic rings. The first-order valence-corrected chi connectivity index (χ1v) is 7.51. The van der Waals surface area contributed by atoms with E-state index in [1.807, 2.05) is 22.4 Å². The molecule has 0 atom stereocenters. The summed E-state index contributed by atoms with van der Waals surface area (Å²) in [6, 6.07) is 3.69. The molecule has 0 bridgehead atoms. The van der Waals surface area contributed by atoms with Crippen molar-refractivity contribution in [1.82, 2.24) is 9.88 Å². The number of aromatic nitrogens is 1. The van der Waals surface area contributed by atoms with Gasteiger partial charge < -0.3 is 9.32 Å². The van der Waals surface area contributed by atoms with Gasteiger partial charge in [-0.3, -0.25) is 4.79 Å². The second kappa shape index (κ2) is 5.57. The van der Waals surface area contributed by atoms with Gasteiger partial charge in [-0.05, 0) is 25.0 Å². The second-order valence-corrected chi connectivity index (χ2v) is 5.58. The molecule has 0 spiro atoms. The lowest BCUT2D eigenvalue weighted by molar-refractivity contribution is 0.0756. The highest BCUT2D eigenvalue weighted by Crippen LogP contribution is 2.25. The summed E-state index contributed by atoms with van der Waals surface area (Å²) in [4.78, 5) is 18.7. The van der Waals surface area contributed by atoms with Crippen LogP contribution in [0.15, 0.2) is 28.2 Å². The van der Waals surface area contributed by atoms with Crippen LogP contribution in [-0.2, 0) is 0 Å². The molecule has 1 aliphatic rings. The second-order valence-electron chi connectivity index (χ2n) is 4.72. The van der Waals surface area contributed by atoms with Gasteiger partial charge in [-0.25, -0.2) is 4.98 Å². The molecule has 0 aromatic carbocycles.